The molecule has 0 radical (unpaired) electrons. The highest BCUT2D eigenvalue weighted by Gasteiger charge is 2.39. The number of halogens is 1. The zero-order valence-electron chi connectivity index (χ0n) is 13.1. The Morgan fingerprint density at radius 2 is 1.75 bits per heavy atom. The lowest BCUT2D eigenvalue weighted by Gasteiger charge is -2.18. The molecule has 0 bridgehead atoms. The highest BCUT2D eigenvalue weighted by atomic mass is 35.5. The van der Waals surface area contributed by atoms with Gasteiger partial charge in [-0.3, -0.25) is 9.59 Å². The van der Waals surface area contributed by atoms with Crippen LogP contribution in [-0.4, -0.2) is 16.9 Å². The van der Waals surface area contributed by atoms with E-state index >= 15 is 0 Å². The molecule has 0 saturated carbocycles. The van der Waals surface area contributed by atoms with E-state index in [2.05, 4.69) is 5.32 Å². The second kappa shape index (κ2) is 6.02. The van der Waals surface area contributed by atoms with Gasteiger partial charge in [-0.2, -0.15) is 0 Å². The normalized spacial score (nSPS) is 14.5. The van der Waals surface area contributed by atoms with E-state index in [4.69, 9.17) is 11.6 Å². The molecule has 0 unspecified atom stereocenters. The highest BCUT2D eigenvalue weighted by molar-refractivity contribution is 6.53. The lowest BCUT2D eigenvalue weighted by molar-refractivity contribution is -0.120. The number of para-hydroxylation sites is 2. The number of phenolic OH excluding ortho intramolecular Hbond substituents is 1. The average molecular weight is 343 g/mol. The standard InChI is InChI=1S/C18H15ClN2O3/c1-10-7-8-13(11(2)9-10)21-17(23)15(19)16(18(21)24)20-12-5-3-4-6-14(12)22/h3-9,20,22H,1-2H3. The van der Waals surface area contributed by atoms with Gasteiger partial charge in [0.1, 0.15) is 16.5 Å². The fraction of sp³-hybridized carbons (Fsp3) is 0.111. The molecule has 2 aromatic rings. The van der Waals surface area contributed by atoms with E-state index in [1.54, 1.807) is 24.3 Å². The summed E-state index contributed by atoms with van der Waals surface area (Å²) in [4.78, 5) is 26.2. The van der Waals surface area contributed by atoms with Crippen LogP contribution in [0.1, 0.15) is 11.1 Å². The number of benzene rings is 2. The van der Waals surface area contributed by atoms with Crippen LogP contribution in [0.2, 0.25) is 0 Å². The van der Waals surface area contributed by atoms with Crippen molar-refractivity contribution in [2.45, 2.75) is 13.8 Å². The summed E-state index contributed by atoms with van der Waals surface area (Å²) in [6, 6.07) is 11.8. The third-order valence-corrected chi connectivity index (χ3v) is 4.13. The van der Waals surface area contributed by atoms with Crippen LogP contribution >= 0.6 is 11.6 Å². The number of hydrogen-bond acceptors (Lipinski definition) is 4. The maximum atomic E-state index is 12.7. The van der Waals surface area contributed by atoms with Crippen LogP contribution in [0.5, 0.6) is 5.75 Å². The minimum Gasteiger partial charge on any atom is -0.506 e. The third-order valence-electron chi connectivity index (χ3n) is 3.78. The van der Waals surface area contributed by atoms with Crippen molar-refractivity contribution in [2.24, 2.45) is 0 Å². The van der Waals surface area contributed by atoms with Gasteiger partial charge in [0.05, 0.1) is 11.4 Å². The van der Waals surface area contributed by atoms with Crippen molar-refractivity contribution in [1.29, 1.82) is 0 Å². The smallest absolute Gasteiger partial charge is 0.283 e. The number of aryl methyl sites for hydroxylation is 2. The number of aromatic hydroxyl groups is 1. The van der Waals surface area contributed by atoms with Crippen molar-refractivity contribution >= 4 is 34.8 Å². The van der Waals surface area contributed by atoms with Gasteiger partial charge in [0.15, 0.2) is 0 Å². The zero-order valence-corrected chi connectivity index (χ0v) is 13.9. The molecule has 2 amide bonds. The first-order chi connectivity index (χ1) is 11.4. The van der Waals surface area contributed by atoms with Gasteiger partial charge in [0.25, 0.3) is 11.8 Å². The van der Waals surface area contributed by atoms with E-state index in [-0.39, 0.29) is 16.5 Å². The van der Waals surface area contributed by atoms with Crippen LogP contribution < -0.4 is 10.2 Å². The summed E-state index contributed by atoms with van der Waals surface area (Å²) >= 11 is 6.08. The number of carbonyl (C=O) groups excluding carboxylic acids is 2. The molecule has 0 fully saturated rings. The molecule has 24 heavy (non-hydrogen) atoms. The molecule has 1 aliphatic rings. The molecule has 1 aliphatic heterocycles. The SMILES string of the molecule is Cc1ccc(N2C(=O)C(Cl)=C(Nc3ccccc3O)C2=O)c(C)c1. The molecule has 122 valence electrons. The van der Waals surface area contributed by atoms with Crippen molar-refractivity contribution in [3.63, 3.8) is 0 Å². The maximum Gasteiger partial charge on any atom is 0.283 e. The number of nitrogens with one attached hydrogen (secondary N) is 1. The van der Waals surface area contributed by atoms with Gasteiger partial charge in [-0.25, -0.2) is 4.90 Å². The number of hydrogen-bond donors (Lipinski definition) is 2. The first kappa shape index (κ1) is 16.1. The molecule has 0 aromatic heterocycles. The van der Waals surface area contributed by atoms with Gasteiger partial charge < -0.3 is 10.4 Å². The van der Waals surface area contributed by atoms with E-state index in [9.17, 15) is 14.7 Å². The molecule has 3 rings (SSSR count). The van der Waals surface area contributed by atoms with Crippen molar-refractivity contribution in [1.82, 2.24) is 0 Å². The Morgan fingerprint density at radius 1 is 1.04 bits per heavy atom. The largest absolute Gasteiger partial charge is 0.506 e. The molecular weight excluding hydrogens is 328 g/mol. The molecule has 0 saturated heterocycles. The quantitative estimate of drug-likeness (QED) is 0.662. The second-order valence-corrected chi connectivity index (χ2v) is 5.94. The monoisotopic (exact) mass is 342 g/mol. The van der Waals surface area contributed by atoms with Gasteiger partial charge in [0, 0.05) is 0 Å². The Balaban J connectivity index is 1.97. The fourth-order valence-corrected chi connectivity index (χ4v) is 2.81. The molecule has 5 nitrogen and oxygen atoms in total. The van der Waals surface area contributed by atoms with Gasteiger partial charge in [0.2, 0.25) is 0 Å². The van der Waals surface area contributed by atoms with E-state index in [1.807, 2.05) is 26.0 Å². The predicted molar refractivity (Wildman–Crippen MR) is 93.0 cm³/mol. The average Bonchev–Trinajstić information content (AvgIpc) is 2.74. The minimum atomic E-state index is -0.591. The van der Waals surface area contributed by atoms with Crippen LogP contribution in [0.15, 0.2) is 53.2 Å². The molecule has 6 heteroatoms. The van der Waals surface area contributed by atoms with Crippen LogP contribution in [0, 0.1) is 13.8 Å². The van der Waals surface area contributed by atoms with Crippen LogP contribution in [0.3, 0.4) is 0 Å². The van der Waals surface area contributed by atoms with Gasteiger partial charge >= 0.3 is 0 Å². The second-order valence-electron chi connectivity index (χ2n) is 5.57. The van der Waals surface area contributed by atoms with Gasteiger partial charge in [-0.05, 0) is 37.6 Å². The van der Waals surface area contributed by atoms with Crippen LogP contribution in [0.25, 0.3) is 0 Å². The van der Waals surface area contributed by atoms with Crippen LogP contribution in [-0.2, 0) is 9.59 Å². The lowest BCUT2D eigenvalue weighted by atomic mass is 10.1. The Kier molecular flexibility index (Phi) is 4.03. The molecule has 0 atom stereocenters. The fourth-order valence-electron chi connectivity index (χ4n) is 2.60. The summed E-state index contributed by atoms with van der Waals surface area (Å²) in [6.45, 7) is 3.76. The van der Waals surface area contributed by atoms with Gasteiger partial charge in [-0.15, -0.1) is 0 Å². The summed E-state index contributed by atoms with van der Waals surface area (Å²) in [7, 11) is 0. The predicted octanol–water partition coefficient (Wildman–Crippen LogP) is 3.44. The number of phenols is 1. The Hall–Kier alpha value is -2.79. The molecular formula is C18H15ClN2O3. The van der Waals surface area contributed by atoms with E-state index < -0.39 is 11.8 Å². The zero-order chi connectivity index (χ0) is 17.4. The molecule has 2 aromatic carbocycles. The molecule has 2 N–H and O–H groups in total. The number of amides is 2. The summed E-state index contributed by atoms with van der Waals surface area (Å²) in [5.74, 6) is -1.19. The van der Waals surface area contributed by atoms with Crippen LogP contribution in [0.4, 0.5) is 11.4 Å². The van der Waals surface area contributed by atoms with Crippen molar-refractivity contribution in [3.05, 3.63) is 64.3 Å². The maximum absolute atomic E-state index is 12.7. The highest BCUT2D eigenvalue weighted by Crippen LogP contribution is 2.33. The molecule has 0 aliphatic carbocycles. The summed E-state index contributed by atoms with van der Waals surface area (Å²) in [5, 5.41) is 12.4. The van der Waals surface area contributed by atoms with E-state index in [0.29, 0.717) is 11.4 Å². The first-order valence-corrected chi connectivity index (χ1v) is 7.69. The lowest BCUT2D eigenvalue weighted by Crippen LogP contribution is -2.32. The van der Waals surface area contributed by atoms with Crippen molar-refractivity contribution < 1.29 is 14.7 Å². The Labute approximate surface area is 144 Å². The summed E-state index contributed by atoms with van der Waals surface area (Å²) in [5.41, 5.74) is 2.56. The van der Waals surface area contributed by atoms with Crippen molar-refractivity contribution in [2.75, 3.05) is 10.2 Å². The third kappa shape index (κ3) is 2.63. The summed E-state index contributed by atoms with van der Waals surface area (Å²) < 4.78 is 0. The van der Waals surface area contributed by atoms with Crippen molar-refractivity contribution in [3.8, 4) is 5.75 Å². The molecule has 1 heterocycles. The van der Waals surface area contributed by atoms with Gasteiger partial charge in [-0.1, -0.05) is 41.4 Å². The number of imide groups is 1. The topological polar surface area (TPSA) is 69.6 Å². The number of anilines is 2. The Bertz CT molecular complexity index is 890. The Morgan fingerprint density at radius 3 is 2.42 bits per heavy atom. The first-order valence-electron chi connectivity index (χ1n) is 7.31. The van der Waals surface area contributed by atoms with E-state index in [1.165, 1.54) is 6.07 Å². The summed E-state index contributed by atoms with van der Waals surface area (Å²) in [6.07, 6.45) is 0. The van der Waals surface area contributed by atoms with E-state index in [0.717, 1.165) is 16.0 Å². The number of carbonyl (C=O) groups is 2. The number of nitrogens with zero attached hydrogens (tertiary/aromatic N) is 1. The molecule has 0 spiro atoms. The minimum absolute atomic E-state index is 0.0420. The number of rotatable bonds is 3.